The van der Waals surface area contributed by atoms with E-state index in [4.69, 9.17) is 0 Å². The minimum atomic E-state index is -0.366. The highest BCUT2D eigenvalue weighted by molar-refractivity contribution is 6.02. The van der Waals surface area contributed by atoms with Gasteiger partial charge in [0.1, 0.15) is 11.6 Å². The summed E-state index contributed by atoms with van der Waals surface area (Å²) in [6, 6.07) is 6.15. The summed E-state index contributed by atoms with van der Waals surface area (Å²) in [7, 11) is 3.61. The molecule has 4 heteroatoms. The van der Waals surface area contributed by atoms with Crippen LogP contribution in [0.2, 0.25) is 0 Å². The summed E-state index contributed by atoms with van der Waals surface area (Å²) in [5.41, 5.74) is 5.52. The molecule has 4 nitrogen and oxygen atoms in total. The molecule has 1 amide bonds. The normalized spacial score (nSPS) is 16.3. The first-order chi connectivity index (χ1) is 10.7. The maximum Gasteiger partial charge on any atom is 0.261 e. The van der Waals surface area contributed by atoms with Crippen LogP contribution in [0, 0.1) is 18.3 Å². The van der Waals surface area contributed by atoms with Crippen LogP contribution in [0.1, 0.15) is 37.5 Å². The topological polar surface area (TPSA) is 56.1 Å². The number of amides is 1. The number of rotatable bonds is 2. The van der Waals surface area contributed by atoms with Gasteiger partial charge in [0, 0.05) is 25.3 Å². The number of carbonyl (C=O) groups is 1. The number of nitriles is 1. The van der Waals surface area contributed by atoms with Crippen LogP contribution in [-0.2, 0) is 4.79 Å². The van der Waals surface area contributed by atoms with Crippen molar-refractivity contribution in [3.8, 4) is 6.07 Å². The number of allylic oxidation sites excluding steroid dienone is 1. The Morgan fingerprint density at radius 1 is 1.35 bits per heavy atom. The van der Waals surface area contributed by atoms with Crippen molar-refractivity contribution in [2.45, 2.75) is 33.2 Å². The van der Waals surface area contributed by atoms with E-state index in [1.807, 2.05) is 13.0 Å². The second kappa shape index (κ2) is 5.92. The predicted molar refractivity (Wildman–Crippen MR) is 95.0 cm³/mol. The van der Waals surface area contributed by atoms with E-state index in [0.29, 0.717) is 0 Å². The van der Waals surface area contributed by atoms with E-state index in [1.54, 1.807) is 6.08 Å². The maximum atomic E-state index is 11.7. The summed E-state index contributed by atoms with van der Waals surface area (Å²) in [6.07, 6.45) is 3.89. The molecule has 1 aromatic rings. The number of benzene rings is 1. The molecule has 0 spiro atoms. The number of likely N-dealkylation sites (N-methyl/N-ethyl adjacent to an activating group) is 2. The third-order valence-electron chi connectivity index (χ3n) is 4.50. The smallest absolute Gasteiger partial charge is 0.261 e. The third kappa shape index (κ3) is 3.00. The fourth-order valence-corrected chi connectivity index (χ4v) is 2.91. The van der Waals surface area contributed by atoms with Crippen LogP contribution in [0.4, 0.5) is 5.69 Å². The minimum Gasteiger partial charge on any atom is -0.365 e. The molecule has 120 valence electrons. The van der Waals surface area contributed by atoms with Crippen LogP contribution >= 0.6 is 0 Å². The minimum absolute atomic E-state index is 0.0409. The molecule has 1 aliphatic heterocycles. The summed E-state index contributed by atoms with van der Waals surface area (Å²) in [5, 5.41) is 11.7. The number of fused-ring (bicyclic) bond motifs is 1. The zero-order chi connectivity index (χ0) is 17.4. The summed E-state index contributed by atoms with van der Waals surface area (Å²) >= 11 is 0. The first-order valence-electron chi connectivity index (χ1n) is 7.63. The van der Waals surface area contributed by atoms with Crippen LogP contribution in [-0.4, -0.2) is 25.5 Å². The van der Waals surface area contributed by atoms with Gasteiger partial charge < -0.3 is 10.2 Å². The van der Waals surface area contributed by atoms with Crippen LogP contribution in [0.5, 0.6) is 0 Å². The molecule has 0 radical (unpaired) electrons. The standard InChI is InChI=1S/C19H23N3O/c1-12-7-17-16(13(2)10-19(3,4)22(17)6)9-14(12)8-15(11-20)18(23)21-5/h7-10H,1-6H3,(H,21,23)/b15-8-. The zero-order valence-electron chi connectivity index (χ0n) is 14.6. The lowest BCUT2D eigenvalue weighted by molar-refractivity contribution is -0.116. The number of aryl methyl sites for hydroxylation is 1. The molecule has 0 aromatic heterocycles. The van der Waals surface area contributed by atoms with Crippen LogP contribution in [0.25, 0.3) is 11.6 Å². The highest BCUT2D eigenvalue weighted by Crippen LogP contribution is 2.39. The molecule has 0 atom stereocenters. The molecular formula is C19H23N3O. The van der Waals surface area contributed by atoms with E-state index < -0.39 is 0 Å². The number of hydrogen-bond donors (Lipinski definition) is 1. The number of carbonyl (C=O) groups excluding carboxylic acids is 1. The summed E-state index contributed by atoms with van der Waals surface area (Å²) in [6.45, 7) is 8.46. The van der Waals surface area contributed by atoms with Gasteiger partial charge in [0.05, 0.1) is 5.54 Å². The average molecular weight is 309 g/mol. The number of anilines is 1. The van der Waals surface area contributed by atoms with Gasteiger partial charge in [0.15, 0.2) is 0 Å². The fraction of sp³-hybridized carbons (Fsp3) is 0.368. The SMILES string of the molecule is CNC(=O)/C(C#N)=C\c1cc2c(cc1C)N(C)C(C)(C)C=C2C. The molecule has 1 N–H and O–H groups in total. The van der Waals surface area contributed by atoms with E-state index in [2.05, 4.69) is 56.2 Å². The van der Waals surface area contributed by atoms with Crippen molar-refractivity contribution in [3.63, 3.8) is 0 Å². The Morgan fingerprint density at radius 2 is 2.00 bits per heavy atom. The average Bonchev–Trinajstić information content (AvgIpc) is 2.50. The van der Waals surface area contributed by atoms with E-state index in [9.17, 15) is 10.1 Å². The molecule has 0 saturated heterocycles. The van der Waals surface area contributed by atoms with Gasteiger partial charge in [-0.15, -0.1) is 0 Å². The van der Waals surface area contributed by atoms with Crippen molar-refractivity contribution >= 4 is 23.2 Å². The van der Waals surface area contributed by atoms with Crippen molar-refractivity contribution in [3.05, 3.63) is 40.5 Å². The molecule has 1 heterocycles. The lowest BCUT2D eigenvalue weighted by Crippen LogP contribution is -2.42. The van der Waals surface area contributed by atoms with Gasteiger partial charge in [-0.1, -0.05) is 6.08 Å². The second-order valence-electron chi connectivity index (χ2n) is 6.51. The van der Waals surface area contributed by atoms with Crippen molar-refractivity contribution in [1.29, 1.82) is 5.26 Å². The van der Waals surface area contributed by atoms with Crippen LogP contribution in [0.15, 0.2) is 23.8 Å². The third-order valence-corrected chi connectivity index (χ3v) is 4.50. The van der Waals surface area contributed by atoms with Gasteiger partial charge in [0.25, 0.3) is 5.91 Å². The van der Waals surface area contributed by atoms with Gasteiger partial charge in [-0.25, -0.2) is 0 Å². The molecule has 0 aliphatic carbocycles. The molecular weight excluding hydrogens is 286 g/mol. The van der Waals surface area contributed by atoms with Crippen molar-refractivity contribution in [2.75, 3.05) is 19.0 Å². The Morgan fingerprint density at radius 3 is 2.57 bits per heavy atom. The Balaban J connectivity index is 2.61. The number of nitrogens with one attached hydrogen (secondary N) is 1. The number of nitrogens with zero attached hydrogens (tertiary/aromatic N) is 2. The number of hydrogen-bond acceptors (Lipinski definition) is 3. The van der Waals surface area contributed by atoms with Crippen molar-refractivity contribution in [2.24, 2.45) is 0 Å². The molecule has 0 unspecified atom stereocenters. The highest BCUT2D eigenvalue weighted by atomic mass is 16.1. The van der Waals surface area contributed by atoms with E-state index >= 15 is 0 Å². The van der Waals surface area contributed by atoms with E-state index in [0.717, 1.165) is 16.7 Å². The van der Waals surface area contributed by atoms with Gasteiger partial charge in [-0.05, 0) is 62.6 Å². The predicted octanol–water partition coefficient (Wildman–Crippen LogP) is 3.28. The molecule has 0 bridgehead atoms. The quantitative estimate of drug-likeness (QED) is 0.674. The lowest BCUT2D eigenvalue weighted by Gasteiger charge is -2.41. The molecule has 0 fully saturated rings. The van der Waals surface area contributed by atoms with Gasteiger partial charge >= 0.3 is 0 Å². The first kappa shape index (κ1) is 16.8. The molecule has 1 aliphatic rings. The van der Waals surface area contributed by atoms with Gasteiger partial charge in [-0.3, -0.25) is 4.79 Å². The maximum absolute atomic E-state index is 11.7. The molecule has 0 saturated carbocycles. The summed E-state index contributed by atoms with van der Waals surface area (Å²) < 4.78 is 0. The fourth-order valence-electron chi connectivity index (χ4n) is 2.91. The Hall–Kier alpha value is -2.54. The highest BCUT2D eigenvalue weighted by Gasteiger charge is 2.28. The Labute approximate surface area is 138 Å². The van der Waals surface area contributed by atoms with Crippen molar-refractivity contribution < 1.29 is 4.79 Å². The van der Waals surface area contributed by atoms with Crippen LogP contribution in [0.3, 0.4) is 0 Å². The zero-order valence-corrected chi connectivity index (χ0v) is 14.6. The second-order valence-corrected chi connectivity index (χ2v) is 6.51. The van der Waals surface area contributed by atoms with E-state index in [1.165, 1.54) is 18.3 Å². The first-order valence-corrected chi connectivity index (χ1v) is 7.63. The Kier molecular flexibility index (Phi) is 4.33. The lowest BCUT2D eigenvalue weighted by atomic mass is 9.87. The summed E-state index contributed by atoms with van der Waals surface area (Å²) in [5.74, 6) is -0.366. The molecule has 1 aromatic carbocycles. The van der Waals surface area contributed by atoms with Gasteiger partial charge in [-0.2, -0.15) is 5.26 Å². The Bertz CT molecular complexity index is 764. The molecule has 23 heavy (non-hydrogen) atoms. The monoisotopic (exact) mass is 309 g/mol. The largest absolute Gasteiger partial charge is 0.365 e. The van der Waals surface area contributed by atoms with Crippen LogP contribution < -0.4 is 10.2 Å². The van der Waals surface area contributed by atoms with Crippen molar-refractivity contribution in [1.82, 2.24) is 5.32 Å². The summed E-state index contributed by atoms with van der Waals surface area (Å²) in [4.78, 5) is 14.0. The molecule has 2 rings (SSSR count). The van der Waals surface area contributed by atoms with Gasteiger partial charge in [0.2, 0.25) is 0 Å². The van der Waals surface area contributed by atoms with E-state index in [-0.39, 0.29) is 17.0 Å².